The van der Waals surface area contributed by atoms with Gasteiger partial charge in [0.15, 0.2) is 0 Å². The molecule has 32 heavy (non-hydrogen) atoms. The van der Waals surface area contributed by atoms with Gasteiger partial charge in [-0.05, 0) is 84.4 Å². The summed E-state index contributed by atoms with van der Waals surface area (Å²) in [5, 5.41) is 2.87. The van der Waals surface area contributed by atoms with Gasteiger partial charge < -0.3 is 4.74 Å². The Morgan fingerprint density at radius 1 is 0.906 bits per heavy atom. The molecular weight excluding hydrogens is 434 g/mol. The lowest BCUT2D eigenvalue weighted by Gasteiger charge is -2.22. The minimum atomic E-state index is 0.727. The first-order valence-corrected chi connectivity index (χ1v) is 12.9. The van der Waals surface area contributed by atoms with Gasteiger partial charge in [-0.3, -0.25) is 4.90 Å². The Balaban J connectivity index is 1.66. The fourth-order valence-electron chi connectivity index (χ4n) is 3.58. The monoisotopic (exact) mass is 467 g/mol. The Kier molecular flexibility index (Phi) is 10.3. The van der Waals surface area contributed by atoms with E-state index in [1.54, 1.807) is 11.3 Å². The molecule has 0 amide bonds. The lowest BCUT2D eigenvalue weighted by Crippen LogP contribution is -2.30. The predicted octanol–water partition coefficient (Wildman–Crippen LogP) is 8.27. The highest BCUT2D eigenvalue weighted by atomic mass is 35.5. The standard InChI is InChI=1S/C28H34ClNOS/c1-3-5-17-30(18-6-4-2)19-20-31-26-15-11-24(12-16-26)27(28-8-7-21-32-28)22-23-9-13-25(29)14-10-23/h7-16,21-22H,3-6,17-20H2,1-2H3/b27-22-. The smallest absolute Gasteiger partial charge is 0.119 e. The third kappa shape index (κ3) is 7.81. The lowest BCUT2D eigenvalue weighted by molar-refractivity contribution is 0.204. The molecule has 0 aliphatic heterocycles. The maximum Gasteiger partial charge on any atom is 0.119 e. The van der Waals surface area contributed by atoms with Crippen LogP contribution in [-0.4, -0.2) is 31.1 Å². The zero-order valence-electron chi connectivity index (χ0n) is 19.2. The number of ether oxygens (including phenoxy) is 1. The van der Waals surface area contributed by atoms with Crippen LogP contribution < -0.4 is 4.74 Å². The third-order valence-electron chi connectivity index (χ3n) is 5.46. The molecule has 0 saturated carbocycles. The number of rotatable bonds is 13. The molecule has 0 bridgehead atoms. The third-order valence-corrected chi connectivity index (χ3v) is 6.62. The average Bonchev–Trinajstić information content (AvgIpc) is 3.35. The first-order chi connectivity index (χ1) is 15.7. The fourth-order valence-corrected chi connectivity index (χ4v) is 4.47. The van der Waals surface area contributed by atoms with E-state index in [1.165, 1.54) is 54.8 Å². The van der Waals surface area contributed by atoms with Crippen molar-refractivity contribution in [1.29, 1.82) is 0 Å². The molecule has 0 aliphatic carbocycles. The molecule has 0 spiro atoms. The van der Waals surface area contributed by atoms with Crippen LogP contribution in [0, 0.1) is 0 Å². The van der Waals surface area contributed by atoms with E-state index in [9.17, 15) is 0 Å². The summed E-state index contributed by atoms with van der Waals surface area (Å²) in [6.45, 7) is 8.55. The van der Waals surface area contributed by atoms with E-state index in [2.05, 4.69) is 78.7 Å². The van der Waals surface area contributed by atoms with Gasteiger partial charge in [-0.15, -0.1) is 11.3 Å². The van der Waals surface area contributed by atoms with Crippen molar-refractivity contribution in [3.8, 4) is 5.75 Å². The molecule has 2 aromatic carbocycles. The highest BCUT2D eigenvalue weighted by Crippen LogP contribution is 2.30. The summed E-state index contributed by atoms with van der Waals surface area (Å²) in [5.74, 6) is 0.928. The molecule has 1 heterocycles. The lowest BCUT2D eigenvalue weighted by atomic mass is 10.0. The van der Waals surface area contributed by atoms with Gasteiger partial charge >= 0.3 is 0 Å². The zero-order valence-corrected chi connectivity index (χ0v) is 20.8. The summed E-state index contributed by atoms with van der Waals surface area (Å²) in [5.41, 5.74) is 3.53. The van der Waals surface area contributed by atoms with Crippen molar-refractivity contribution in [2.75, 3.05) is 26.2 Å². The number of hydrogen-bond donors (Lipinski definition) is 0. The van der Waals surface area contributed by atoms with Crippen LogP contribution in [-0.2, 0) is 0 Å². The van der Waals surface area contributed by atoms with Gasteiger partial charge in [0.1, 0.15) is 12.4 Å². The summed E-state index contributed by atoms with van der Waals surface area (Å²) < 4.78 is 6.08. The van der Waals surface area contributed by atoms with E-state index in [0.29, 0.717) is 0 Å². The van der Waals surface area contributed by atoms with E-state index in [-0.39, 0.29) is 0 Å². The van der Waals surface area contributed by atoms with Crippen LogP contribution in [0.5, 0.6) is 5.75 Å². The van der Waals surface area contributed by atoms with E-state index in [1.807, 2.05) is 12.1 Å². The van der Waals surface area contributed by atoms with Crippen LogP contribution in [0.25, 0.3) is 11.6 Å². The molecule has 0 radical (unpaired) electrons. The molecular formula is C28H34ClNOS. The van der Waals surface area contributed by atoms with Crippen molar-refractivity contribution in [2.24, 2.45) is 0 Å². The van der Waals surface area contributed by atoms with Gasteiger partial charge in [-0.25, -0.2) is 0 Å². The highest BCUT2D eigenvalue weighted by molar-refractivity contribution is 7.11. The molecule has 170 valence electrons. The summed E-state index contributed by atoms with van der Waals surface area (Å²) in [4.78, 5) is 3.78. The molecule has 0 saturated heterocycles. The fraction of sp³-hybridized carbons (Fsp3) is 0.357. The zero-order chi connectivity index (χ0) is 22.6. The number of hydrogen-bond acceptors (Lipinski definition) is 3. The molecule has 0 unspecified atom stereocenters. The SMILES string of the molecule is CCCCN(CCCC)CCOc1ccc(/C(=C/c2ccc(Cl)cc2)c2cccs2)cc1. The van der Waals surface area contributed by atoms with Gasteiger partial charge in [0.2, 0.25) is 0 Å². The summed E-state index contributed by atoms with van der Waals surface area (Å²) >= 11 is 7.81. The highest BCUT2D eigenvalue weighted by Gasteiger charge is 2.08. The number of halogens is 1. The van der Waals surface area contributed by atoms with Gasteiger partial charge in [0.05, 0.1) is 0 Å². The normalized spacial score (nSPS) is 11.8. The Hall–Kier alpha value is -2.07. The first kappa shape index (κ1) is 24.6. The number of nitrogens with zero attached hydrogens (tertiary/aromatic N) is 1. The average molecular weight is 468 g/mol. The molecule has 0 atom stereocenters. The van der Waals surface area contributed by atoms with Crippen molar-refractivity contribution in [3.05, 3.63) is 87.1 Å². The number of benzene rings is 2. The Bertz CT molecular complexity index is 925. The molecule has 0 aliphatic rings. The second-order valence-corrected chi connectivity index (χ2v) is 9.39. The number of thiophene rings is 1. The second-order valence-electron chi connectivity index (χ2n) is 8.01. The summed E-state index contributed by atoms with van der Waals surface area (Å²) in [6.07, 6.45) is 7.20. The Morgan fingerprint density at radius 2 is 1.59 bits per heavy atom. The van der Waals surface area contributed by atoms with Crippen LogP contribution in [0.2, 0.25) is 5.02 Å². The predicted molar refractivity (Wildman–Crippen MR) is 141 cm³/mol. The minimum Gasteiger partial charge on any atom is -0.492 e. The van der Waals surface area contributed by atoms with Crippen LogP contribution in [0.1, 0.15) is 55.5 Å². The van der Waals surface area contributed by atoms with Crippen LogP contribution >= 0.6 is 22.9 Å². The maximum atomic E-state index is 6.08. The first-order valence-electron chi connectivity index (χ1n) is 11.7. The van der Waals surface area contributed by atoms with Crippen LogP contribution in [0.4, 0.5) is 0 Å². The topological polar surface area (TPSA) is 12.5 Å². The minimum absolute atomic E-state index is 0.727. The van der Waals surface area contributed by atoms with Crippen molar-refractivity contribution >= 4 is 34.6 Å². The van der Waals surface area contributed by atoms with Gasteiger partial charge in [-0.1, -0.05) is 68.6 Å². The Morgan fingerprint density at radius 3 is 2.19 bits per heavy atom. The van der Waals surface area contributed by atoms with Crippen molar-refractivity contribution in [1.82, 2.24) is 4.90 Å². The van der Waals surface area contributed by atoms with E-state index in [4.69, 9.17) is 16.3 Å². The van der Waals surface area contributed by atoms with E-state index >= 15 is 0 Å². The van der Waals surface area contributed by atoms with Crippen LogP contribution in [0.15, 0.2) is 66.0 Å². The van der Waals surface area contributed by atoms with Crippen molar-refractivity contribution in [3.63, 3.8) is 0 Å². The molecule has 3 aromatic rings. The van der Waals surface area contributed by atoms with Gasteiger partial charge in [0.25, 0.3) is 0 Å². The molecule has 0 N–H and O–H groups in total. The van der Waals surface area contributed by atoms with Crippen molar-refractivity contribution < 1.29 is 4.74 Å². The maximum absolute atomic E-state index is 6.08. The molecule has 4 heteroatoms. The van der Waals surface area contributed by atoms with E-state index < -0.39 is 0 Å². The summed E-state index contributed by atoms with van der Waals surface area (Å²) in [6, 6.07) is 20.7. The van der Waals surface area contributed by atoms with E-state index in [0.717, 1.165) is 29.5 Å². The second kappa shape index (κ2) is 13.5. The molecule has 3 rings (SSSR count). The molecule has 1 aromatic heterocycles. The number of unbranched alkanes of at least 4 members (excludes halogenated alkanes) is 2. The molecule has 2 nitrogen and oxygen atoms in total. The van der Waals surface area contributed by atoms with Gasteiger partial charge in [-0.2, -0.15) is 0 Å². The summed E-state index contributed by atoms with van der Waals surface area (Å²) in [7, 11) is 0. The van der Waals surface area contributed by atoms with Crippen molar-refractivity contribution in [2.45, 2.75) is 39.5 Å². The van der Waals surface area contributed by atoms with Crippen LogP contribution in [0.3, 0.4) is 0 Å². The molecule has 0 fully saturated rings. The Labute approximate surface area is 202 Å². The van der Waals surface area contributed by atoms with Gasteiger partial charge in [0, 0.05) is 16.4 Å². The quantitative estimate of drug-likeness (QED) is 0.234. The largest absolute Gasteiger partial charge is 0.492 e.